The van der Waals surface area contributed by atoms with E-state index in [-0.39, 0.29) is 5.56 Å². The quantitative estimate of drug-likeness (QED) is 0.590. The van der Waals surface area contributed by atoms with Crippen LogP contribution in [-0.4, -0.2) is 9.97 Å². The summed E-state index contributed by atoms with van der Waals surface area (Å²) in [6.45, 7) is 0.745. The summed E-state index contributed by atoms with van der Waals surface area (Å²) in [5.41, 5.74) is 4.97. The van der Waals surface area contributed by atoms with Gasteiger partial charge in [0, 0.05) is 41.5 Å². The molecule has 0 aliphatic carbocycles. The standard InChI is InChI=1S/C21H17N3O/c25-21-10-9-19-18(7-4-8-20(19)24-21)16-11-17(14-22-13-16)23-12-15-5-2-1-3-6-15/h1-11,13-14,23H,12H2,(H,24,25). The number of benzene rings is 2. The lowest BCUT2D eigenvalue weighted by Crippen LogP contribution is -2.02. The lowest BCUT2D eigenvalue weighted by Gasteiger charge is -2.10. The highest BCUT2D eigenvalue weighted by Gasteiger charge is 2.06. The molecular weight excluding hydrogens is 310 g/mol. The fraction of sp³-hybridized carbons (Fsp3) is 0.0476. The number of aromatic nitrogens is 2. The molecule has 25 heavy (non-hydrogen) atoms. The molecule has 2 aromatic carbocycles. The van der Waals surface area contributed by atoms with Crippen LogP contribution in [0.5, 0.6) is 0 Å². The van der Waals surface area contributed by atoms with E-state index in [1.54, 1.807) is 6.07 Å². The molecule has 0 unspecified atom stereocenters. The van der Waals surface area contributed by atoms with Crippen molar-refractivity contribution in [2.45, 2.75) is 6.54 Å². The molecule has 0 fully saturated rings. The number of rotatable bonds is 4. The van der Waals surface area contributed by atoms with Crippen LogP contribution in [0.3, 0.4) is 0 Å². The van der Waals surface area contributed by atoms with Crippen LogP contribution in [0, 0.1) is 0 Å². The zero-order chi connectivity index (χ0) is 17.1. The first-order valence-corrected chi connectivity index (χ1v) is 8.15. The molecule has 0 amide bonds. The number of anilines is 1. The zero-order valence-electron chi connectivity index (χ0n) is 13.6. The maximum atomic E-state index is 11.5. The summed E-state index contributed by atoms with van der Waals surface area (Å²) in [7, 11) is 0. The normalized spacial score (nSPS) is 10.7. The second-order valence-corrected chi connectivity index (χ2v) is 5.89. The molecule has 4 aromatic rings. The number of aromatic amines is 1. The Morgan fingerprint density at radius 1 is 0.920 bits per heavy atom. The summed E-state index contributed by atoms with van der Waals surface area (Å²) in [5.74, 6) is 0. The van der Waals surface area contributed by atoms with Crippen molar-refractivity contribution >= 4 is 16.6 Å². The Balaban J connectivity index is 1.67. The van der Waals surface area contributed by atoms with Crippen molar-refractivity contribution in [2.75, 3.05) is 5.32 Å². The predicted octanol–water partition coefficient (Wildman–Crippen LogP) is 4.20. The van der Waals surface area contributed by atoms with Crippen molar-refractivity contribution in [3.05, 3.63) is 95.0 Å². The number of hydrogen-bond acceptors (Lipinski definition) is 3. The third-order valence-corrected chi connectivity index (χ3v) is 4.15. The summed E-state index contributed by atoms with van der Waals surface area (Å²) in [6.07, 6.45) is 3.66. The summed E-state index contributed by atoms with van der Waals surface area (Å²) >= 11 is 0. The van der Waals surface area contributed by atoms with Crippen LogP contribution in [0.2, 0.25) is 0 Å². The van der Waals surface area contributed by atoms with Crippen LogP contribution in [0.15, 0.2) is 83.9 Å². The van der Waals surface area contributed by atoms with E-state index in [9.17, 15) is 4.79 Å². The van der Waals surface area contributed by atoms with Gasteiger partial charge in [-0.1, -0.05) is 42.5 Å². The average molecular weight is 327 g/mol. The van der Waals surface area contributed by atoms with Gasteiger partial charge in [0.1, 0.15) is 0 Å². The Morgan fingerprint density at radius 3 is 2.68 bits per heavy atom. The molecule has 0 saturated heterocycles. The average Bonchev–Trinajstić information content (AvgIpc) is 2.67. The van der Waals surface area contributed by atoms with Gasteiger partial charge >= 0.3 is 0 Å². The molecule has 0 spiro atoms. The summed E-state index contributed by atoms with van der Waals surface area (Å²) in [6, 6.07) is 21.6. The van der Waals surface area contributed by atoms with Gasteiger partial charge in [-0.15, -0.1) is 0 Å². The maximum Gasteiger partial charge on any atom is 0.248 e. The first kappa shape index (κ1) is 15.1. The van der Waals surface area contributed by atoms with Crippen molar-refractivity contribution < 1.29 is 0 Å². The second-order valence-electron chi connectivity index (χ2n) is 5.89. The van der Waals surface area contributed by atoms with Gasteiger partial charge in [-0.25, -0.2) is 0 Å². The highest BCUT2D eigenvalue weighted by atomic mass is 16.1. The van der Waals surface area contributed by atoms with E-state index in [0.29, 0.717) is 0 Å². The van der Waals surface area contributed by atoms with Gasteiger partial charge in [-0.2, -0.15) is 0 Å². The van der Waals surface area contributed by atoms with E-state index in [4.69, 9.17) is 0 Å². The van der Waals surface area contributed by atoms with Crippen molar-refractivity contribution in [3.63, 3.8) is 0 Å². The Bertz CT molecular complexity index is 1070. The van der Waals surface area contributed by atoms with Crippen LogP contribution < -0.4 is 10.9 Å². The third kappa shape index (κ3) is 3.28. The highest BCUT2D eigenvalue weighted by molar-refractivity contribution is 5.94. The van der Waals surface area contributed by atoms with Gasteiger partial charge in [0.15, 0.2) is 0 Å². The first-order chi connectivity index (χ1) is 12.3. The molecule has 0 aliphatic heterocycles. The zero-order valence-corrected chi connectivity index (χ0v) is 13.6. The number of pyridine rings is 2. The minimum absolute atomic E-state index is 0.0962. The number of fused-ring (bicyclic) bond motifs is 1. The van der Waals surface area contributed by atoms with E-state index in [1.807, 2.05) is 54.9 Å². The number of nitrogens with one attached hydrogen (secondary N) is 2. The molecule has 0 radical (unpaired) electrons. The Hall–Kier alpha value is -3.40. The van der Waals surface area contributed by atoms with E-state index in [1.165, 1.54) is 5.56 Å². The molecule has 0 atom stereocenters. The van der Waals surface area contributed by atoms with Gasteiger partial charge in [-0.3, -0.25) is 9.78 Å². The minimum atomic E-state index is -0.0962. The van der Waals surface area contributed by atoms with Gasteiger partial charge in [0.25, 0.3) is 0 Å². The molecule has 4 nitrogen and oxygen atoms in total. The number of hydrogen-bond donors (Lipinski definition) is 2. The van der Waals surface area contributed by atoms with Gasteiger partial charge in [-0.05, 0) is 29.3 Å². The fourth-order valence-electron chi connectivity index (χ4n) is 2.92. The molecule has 2 heterocycles. The Morgan fingerprint density at radius 2 is 1.80 bits per heavy atom. The molecule has 2 aromatic heterocycles. The highest BCUT2D eigenvalue weighted by Crippen LogP contribution is 2.28. The van der Waals surface area contributed by atoms with E-state index < -0.39 is 0 Å². The molecule has 122 valence electrons. The molecule has 4 rings (SSSR count). The van der Waals surface area contributed by atoms with Crippen molar-refractivity contribution in [1.29, 1.82) is 0 Å². The first-order valence-electron chi connectivity index (χ1n) is 8.15. The molecule has 0 aliphatic rings. The lowest BCUT2D eigenvalue weighted by molar-refractivity contribution is 1.14. The Labute approximate surface area is 145 Å². The Kier molecular flexibility index (Phi) is 4.01. The minimum Gasteiger partial charge on any atom is -0.380 e. The van der Waals surface area contributed by atoms with Crippen molar-refractivity contribution in [2.24, 2.45) is 0 Å². The fourth-order valence-corrected chi connectivity index (χ4v) is 2.92. The summed E-state index contributed by atoms with van der Waals surface area (Å²) < 4.78 is 0. The maximum absolute atomic E-state index is 11.5. The van der Waals surface area contributed by atoms with Crippen LogP contribution in [0.1, 0.15) is 5.56 Å². The summed E-state index contributed by atoms with van der Waals surface area (Å²) in [5, 5.41) is 4.41. The van der Waals surface area contributed by atoms with Gasteiger partial charge < -0.3 is 10.3 Å². The SMILES string of the molecule is O=c1ccc2c(-c3cncc(NCc4ccccc4)c3)cccc2[nH]1. The van der Waals surface area contributed by atoms with Crippen LogP contribution >= 0.6 is 0 Å². The molecule has 4 heteroatoms. The molecule has 2 N–H and O–H groups in total. The van der Waals surface area contributed by atoms with Crippen LogP contribution in [0.4, 0.5) is 5.69 Å². The number of H-pyrrole nitrogens is 1. The second kappa shape index (κ2) is 6.61. The van der Waals surface area contributed by atoms with E-state index >= 15 is 0 Å². The predicted molar refractivity (Wildman–Crippen MR) is 102 cm³/mol. The van der Waals surface area contributed by atoms with Crippen molar-refractivity contribution in [1.82, 2.24) is 9.97 Å². The lowest BCUT2D eigenvalue weighted by atomic mass is 10.0. The molecule has 0 saturated carbocycles. The van der Waals surface area contributed by atoms with E-state index in [2.05, 4.69) is 33.5 Å². The van der Waals surface area contributed by atoms with Crippen molar-refractivity contribution in [3.8, 4) is 11.1 Å². The number of nitrogens with zero attached hydrogens (tertiary/aromatic N) is 1. The van der Waals surface area contributed by atoms with Gasteiger partial charge in [0.2, 0.25) is 5.56 Å². The van der Waals surface area contributed by atoms with Crippen LogP contribution in [-0.2, 0) is 6.54 Å². The summed E-state index contributed by atoms with van der Waals surface area (Å²) in [4.78, 5) is 18.8. The largest absolute Gasteiger partial charge is 0.380 e. The van der Waals surface area contributed by atoms with Crippen LogP contribution in [0.25, 0.3) is 22.0 Å². The third-order valence-electron chi connectivity index (χ3n) is 4.15. The smallest absolute Gasteiger partial charge is 0.248 e. The van der Waals surface area contributed by atoms with E-state index in [0.717, 1.165) is 34.3 Å². The molecular formula is C21H17N3O. The topological polar surface area (TPSA) is 57.8 Å². The monoisotopic (exact) mass is 327 g/mol. The molecule has 0 bridgehead atoms. The van der Waals surface area contributed by atoms with Gasteiger partial charge in [0.05, 0.1) is 5.69 Å².